The molecule has 306 valence electrons. The molecule has 0 amide bonds. The summed E-state index contributed by atoms with van der Waals surface area (Å²) in [5, 5.41) is 7.25. The van der Waals surface area contributed by atoms with Crippen LogP contribution in [0.5, 0.6) is 11.5 Å². The zero-order chi connectivity index (χ0) is 42.9. The number of pyridine rings is 1. The number of para-hydroxylation sites is 1. The van der Waals surface area contributed by atoms with Crippen molar-refractivity contribution in [3.05, 3.63) is 156 Å². The molecular weight excluding hydrogens is 733 g/mol. The molecule has 5 aromatic carbocycles. The van der Waals surface area contributed by atoms with Crippen molar-refractivity contribution in [2.24, 2.45) is 0 Å². The minimum absolute atomic E-state index is 0.0227. The summed E-state index contributed by atoms with van der Waals surface area (Å²) < 4.78 is 11.1. The lowest BCUT2D eigenvalue weighted by molar-refractivity contribution is 0.478. The Balaban J connectivity index is 1.20. The van der Waals surface area contributed by atoms with E-state index in [1.807, 2.05) is 17.1 Å². The van der Waals surface area contributed by atoms with Gasteiger partial charge < -0.3 is 4.74 Å². The molecule has 0 bridgehead atoms. The average Bonchev–Trinajstić information content (AvgIpc) is 3.80. The largest absolute Gasteiger partial charge is 0.457 e. The summed E-state index contributed by atoms with van der Waals surface area (Å²) >= 11 is 0. The Morgan fingerprint density at radius 1 is 0.483 bits per heavy atom. The fourth-order valence-electron chi connectivity index (χ4n) is 7.98. The van der Waals surface area contributed by atoms with E-state index in [4.69, 9.17) is 14.8 Å². The van der Waals surface area contributed by atoms with Gasteiger partial charge in [0.15, 0.2) is 0 Å². The fraction of sp³-hybridized carbons (Fsp3) is 0.309. The van der Waals surface area contributed by atoms with E-state index >= 15 is 0 Å². The van der Waals surface area contributed by atoms with Crippen molar-refractivity contribution in [3.63, 3.8) is 0 Å². The molecule has 0 aliphatic heterocycles. The number of aryl methyl sites for hydroxylation is 1. The van der Waals surface area contributed by atoms with Crippen LogP contribution in [0.4, 0.5) is 0 Å². The lowest BCUT2D eigenvalue weighted by Gasteiger charge is -2.26. The molecule has 60 heavy (non-hydrogen) atoms. The summed E-state index contributed by atoms with van der Waals surface area (Å²) in [6.07, 6.45) is 6.13. The van der Waals surface area contributed by atoms with Crippen LogP contribution >= 0.6 is 0 Å². The van der Waals surface area contributed by atoms with E-state index in [1.54, 1.807) is 0 Å². The number of rotatable bonds is 6. The molecule has 5 nitrogen and oxygen atoms in total. The summed E-state index contributed by atoms with van der Waals surface area (Å²) in [6.45, 7) is 29.3. The number of hydrogen-bond donors (Lipinski definition) is 0. The van der Waals surface area contributed by atoms with Crippen LogP contribution in [0.2, 0.25) is 0 Å². The topological polar surface area (TPSA) is 44.9 Å². The van der Waals surface area contributed by atoms with Crippen molar-refractivity contribution < 1.29 is 4.74 Å². The first-order valence-electron chi connectivity index (χ1n) is 21.3. The highest BCUT2D eigenvalue weighted by molar-refractivity contribution is 6.09. The summed E-state index contributed by atoms with van der Waals surface area (Å²) in [7, 11) is 0. The van der Waals surface area contributed by atoms with Crippen molar-refractivity contribution in [1.29, 1.82) is 0 Å². The second-order valence-electron chi connectivity index (χ2n) is 20.8. The Hall–Kier alpha value is -5.94. The Bertz CT molecular complexity index is 2860. The second kappa shape index (κ2) is 14.7. The van der Waals surface area contributed by atoms with Crippen LogP contribution in [0.1, 0.15) is 111 Å². The van der Waals surface area contributed by atoms with Crippen LogP contribution in [0.15, 0.2) is 128 Å². The number of benzene rings is 5. The van der Waals surface area contributed by atoms with Crippen LogP contribution in [-0.2, 0) is 21.7 Å². The summed E-state index contributed by atoms with van der Waals surface area (Å²) in [4.78, 5) is 5.05. The monoisotopic (exact) mass is 792 g/mol. The normalized spacial score (nSPS) is 12.8. The predicted octanol–water partition coefficient (Wildman–Crippen LogP) is 15.0. The molecule has 0 radical (unpaired) electrons. The maximum atomic E-state index is 6.85. The number of nitrogens with zero attached hydrogens (tertiary/aromatic N) is 4. The van der Waals surface area contributed by atoms with Crippen molar-refractivity contribution in [2.45, 2.75) is 112 Å². The Morgan fingerprint density at radius 2 is 1.12 bits per heavy atom. The highest BCUT2D eigenvalue weighted by Gasteiger charge is 2.23. The molecule has 8 rings (SSSR count). The zero-order valence-electron chi connectivity index (χ0n) is 37.8. The predicted molar refractivity (Wildman–Crippen MR) is 253 cm³/mol. The Morgan fingerprint density at radius 3 is 1.80 bits per heavy atom. The van der Waals surface area contributed by atoms with Crippen molar-refractivity contribution >= 4 is 21.8 Å². The molecule has 0 saturated carbocycles. The van der Waals surface area contributed by atoms with E-state index in [1.165, 1.54) is 44.3 Å². The Labute approximate surface area is 357 Å². The van der Waals surface area contributed by atoms with Gasteiger partial charge in [-0.05, 0) is 109 Å². The molecule has 0 atom stereocenters. The van der Waals surface area contributed by atoms with E-state index in [-0.39, 0.29) is 21.7 Å². The SMILES string of the molecule is Cc1cnc(-n2c3ccccc3c3ccc(Oc4cc(-n5cc(-c6cc(C(C)(C)C)cc(C(C)(C)C)c6)cn5)cc(C(C)(C)C)c4)cc32)cc1-c1cccc(C(C)(C)C)c1. The van der Waals surface area contributed by atoms with Gasteiger partial charge in [0.2, 0.25) is 0 Å². The van der Waals surface area contributed by atoms with E-state index in [9.17, 15) is 0 Å². The van der Waals surface area contributed by atoms with E-state index in [0.29, 0.717) is 0 Å². The van der Waals surface area contributed by atoms with Gasteiger partial charge >= 0.3 is 0 Å². The molecule has 0 fully saturated rings. The molecule has 0 N–H and O–H groups in total. The van der Waals surface area contributed by atoms with E-state index in [2.05, 4.69) is 210 Å². The second-order valence-corrected chi connectivity index (χ2v) is 20.8. The van der Waals surface area contributed by atoms with Gasteiger partial charge in [0.25, 0.3) is 0 Å². The van der Waals surface area contributed by atoms with Gasteiger partial charge in [-0.3, -0.25) is 4.57 Å². The minimum atomic E-state index is -0.121. The molecule has 0 spiro atoms. The first-order valence-corrected chi connectivity index (χ1v) is 21.3. The van der Waals surface area contributed by atoms with Crippen LogP contribution in [0, 0.1) is 6.92 Å². The van der Waals surface area contributed by atoms with Crippen molar-refractivity contribution in [1.82, 2.24) is 19.3 Å². The molecule has 3 heterocycles. The smallest absolute Gasteiger partial charge is 0.138 e. The van der Waals surface area contributed by atoms with Crippen molar-refractivity contribution in [2.75, 3.05) is 0 Å². The number of hydrogen-bond acceptors (Lipinski definition) is 3. The molecule has 5 heteroatoms. The maximum absolute atomic E-state index is 6.85. The van der Waals surface area contributed by atoms with Gasteiger partial charge in [-0.15, -0.1) is 0 Å². The van der Waals surface area contributed by atoms with Gasteiger partial charge in [0.05, 0.1) is 22.9 Å². The molecule has 0 aliphatic carbocycles. The first kappa shape index (κ1) is 40.8. The van der Waals surface area contributed by atoms with Gasteiger partial charge in [-0.2, -0.15) is 5.10 Å². The fourth-order valence-corrected chi connectivity index (χ4v) is 7.98. The standard InChI is InChI=1S/C55H60N4O/c1-35-32-56-51(31-48(35)36-17-16-18-39(23-36)52(2,3)4)59-49-20-15-14-19-46(49)47-22-21-44(30-50(47)59)60-45-28-42(55(11,12)13)27-43(29-45)58-34-38(33-57-58)37-24-40(53(5,6)7)26-41(25-37)54(8,9)10/h14-34H,1-13H3. The van der Waals surface area contributed by atoms with Gasteiger partial charge in [-0.25, -0.2) is 9.67 Å². The van der Waals surface area contributed by atoms with Crippen LogP contribution < -0.4 is 4.74 Å². The quantitative estimate of drug-likeness (QED) is 0.168. The number of fused-ring (bicyclic) bond motifs is 3. The van der Waals surface area contributed by atoms with Gasteiger partial charge in [-0.1, -0.05) is 144 Å². The molecule has 0 aliphatic rings. The van der Waals surface area contributed by atoms with Crippen molar-refractivity contribution in [3.8, 4) is 45.3 Å². The van der Waals surface area contributed by atoms with Crippen LogP contribution in [0.3, 0.4) is 0 Å². The van der Waals surface area contributed by atoms with Gasteiger partial charge in [0.1, 0.15) is 17.3 Å². The molecule has 0 unspecified atom stereocenters. The van der Waals surface area contributed by atoms with E-state index < -0.39 is 0 Å². The lowest BCUT2D eigenvalue weighted by Crippen LogP contribution is -2.16. The third-order valence-corrected chi connectivity index (χ3v) is 11.8. The third-order valence-electron chi connectivity index (χ3n) is 11.8. The molecule has 8 aromatic rings. The molecule has 0 saturated heterocycles. The first-order chi connectivity index (χ1) is 28.1. The number of aromatic nitrogens is 4. The molecule has 3 aromatic heterocycles. The zero-order valence-corrected chi connectivity index (χ0v) is 37.8. The summed E-state index contributed by atoms with van der Waals surface area (Å²) in [5.74, 6) is 2.38. The Kier molecular flexibility index (Phi) is 9.97. The average molecular weight is 793 g/mol. The van der Waals surface area contributed by atoms with E-state index in [0.717, 1.165) is 50.6 Å². The summed E-state index contributed by atoms with van der Waals surface area (Å²) in [6, 6.07) is 39.6. The summed E-state index contributed by atoms with van der Waals surface area (Å²) in [5.41, 5.74) is 14.0. The lowest BCUT2D eigenvalue weighted by atomic mass is 9.79. The van der Waals surface area contributed by atoms with Gasteiger partial charge in [0, 0.05) is 40.9 Å². The number of ether oxygens (including phenoxy) is 1. The maximum Gasteiger partial charge on any atom is 0.138 e. The third kappa shape index (κ3) is 8.02. The molecular formula is C55H60N4O. The highest BCUT2D eigenvalue weighted by Crippen LogP contribution is 2.39. The minimum Gasteiger partial charge on any atom is -0.457 e. The highest BCUT2D eigenvalue weighted by atomic mass is 16.5. The van der Waals surface area contributed by atoms with Crippen LogP contribution in [0.25, 0.3) is 55.6 Å². The van der Waals surface area contributed by atoms with Crippen LogP contribution in [-0.4, -0.2) is 19.3 Å².